The number of carbonyl (C=O) groups is 1. The van der Waals surface area contributed by atoms with Crippen LogP contribution in [0.15, 0.2) is 29.6 Å². The van der Waals surface area contributed by atoms with E-state index in [4.69, 9.17) is 0 Å². The van der Waals surface area contributed by atoms with Gasteiger partial charge in [0.1, 0.15) is 0 Å². The van der Waals surface area contributed by atoms with Crippen molar-refractivity contribution in [2.75, 3.05) is 18.6 Å². The van der Waals surface area contributed by atoms with Gasteiger partial charge in [0.15, 0.2) is 9.84 Å². The van der Waals surface area contributed by atoms with Gasteiger partial charge in [-0.05, 0) is 6.07 Å². The second-order valence-electron chi connectivity index (χ2n) is 5.27. The summed E-state index contributed by atoms with van der Waals surface area (Å²) in [5.41, 5.74) is 0.551. The van der Waals surface area contributed by atoms with Crippen molar-refractivity contribution in [2.45, 2.75) is 12.1 Å². The van der Waals surface area contributed by atoms with Crippen molar-refractivity contribution >= 4 is 37.2 Å². The van der Waals surface area contributed by atoms with Crippen molar-refractivity contribution in [1.82, 2.24) is 4.90 Å². The fourth-order valence-electron chi connectivity index (χ4n) is 2.66. The molecule has 7 heteroatoms. The lowest BCUT2D eigenvalue weighted by Gasteiger charge is -2.25. The molecule has 0 spiro atoms. The van der Waals surface area contributed by atoms with E-state index in [9.17, 15) is 18.3 Å². The van der Waals surface area contributed by atoms with Crippen LogP contribution in [0.1, 0.15) is 10.4 Å². The van der Waals surface area contributed by atoms with E-state index in [1.807, 2.05) is 24.3 Å². The SMILES string of the molecule is CN(C(=O)c1csc2ccccc12)[C@H]1CS(=O)(=O)C[C@@H]1O. The maximum atomic E-state index is 12.6. The molecular formula is C14H15NO4S2. The monoisotopic (exact) mass is 325 g/mol. The van der Waals surface area contributed by atoms with E-state index < -0.39 is 22.0 Å². The first-order valence-electron chi connectivity index (χ1n) is 6.51. The minimum atomic E-state index is -3.28. The quantitative estimate of drug-likeness (QED) is 0.898. The smallest absolute Gasteiger partial charge is 0.255 e. The number of amides is 1. The normalized spacial score (nSPS) is 24.3. The van der Waals surface area contributed by atoms with E-state index in [-0.39, 0.29) is 17.4 Å². The average Bonchev–Trinajstić information content (AvgIpc) is 2.97. The Morgan fingerprint density at radius 3 is 2.71 bits per heavy atom. The molecule has 1 aromatic heterocycles. The Balaban J connectivity index is 1.92. The highest BCUT2D eigenvalue weighted by molar-refractivity contribution is 7.91. The Hall–Kier alpha value is -1.44. The maximum absolute atomic E-state index is 12.6. The number of aliphatic hydroxyl groups excluding tert-OH is 1. The van der Waals surface area contributed by atoms with Crippen LogP contribution < -0.4 is 0 Å². The fraction of sp³-hybridized carbons (Fsp3) is 0.357. The molecule has 2 heterocycles. The summed E-state index contributed by atoms with van der Waals surface area (Å²) in [5.74, 6) is -0.716. The molecule has 1 N–H and O–H groups in total. The molecule has 5 nitrogen and oxygen atoms in total. The van der Waals surface area contributed by atoms with Crippen LogP contribution >= 0.6 is 11.3 Å². The van der Waals surface area contributed by atoms with Crippen LogP contribution in [0.5, 0.6) is 0 Å². The lowest BCUT2D eigenvalue weighted by molar-refractivity contribution is 0.0583. The molecule has 1 aliphatic rings. The Morgan fingerprint density at radius 2 is 2.05 bits per heavy atom. The number of likely N-dealkylation sites (N-methyl/N-ethyl adjacent to an activating group) is 1. The zero-order valence-corrected chi connectivity index (χ0v) is 13.0. The van der Waals surface area contributed by atoms with Crippen molar-refractivity contribution in [3.8, 4) is 0 Å². The van der Waals surface area contributed by atoms with Crippen LogP contribution in [-0.4, -0.2) is 55.0 Å². The number of rotatable bonds is 2. The molecule has 1 aliphatic heterocycles. The molecule has 112 valence electrons. The number of benzene rings is 1. The van der Waals surface area contributed by atoms with Gasteiger partial charge in [0, 0.05) is 22.5 Å². The van der Waals surface area contributed by atoms with Crippen molar-refractivity contribution in [1.29, 1.82) is 0 Å². The van der Waals surface area contributed by atoms with Gasteiger partial charge in [0.2, 0.25) is 0 Å². The van der Waals surface area contributed by atoms with E-state index in [1.54, 1.807) is 12.4 Å². The lowest BCUT2D eigenvalue weighted by Crippen LogP contribution is -2.44. The minimum absolute atomic E-state index is 0.182. The van der Waals surface area contributed by atoms with Crippen molar-refractivity contribution in [2.24, 2.45) is 0 Å². The van der Waals surface area contributed by atoms with Gasteiger partial charge < -0.3 is 10.0 Å². The van der Waals surface area contributed by atoms with E-state index in [2.05, 4.69) is 0 Å². The molecular weight excluding hydrogens is 310 g/mol. The number of aliphatic hydroxyl groups is 1. The fourth-order valence-corrected chi connectivity index (χ4v) is 5.44. The molecule has 1 amide bonds. The number of fused-ring (bicyclic) bond motifs is 1. The minimum Gasteiger partial charge on any atom is -0.390 e. The van der Waals surface area contributed by atoms with Gasteiger partial charge in [0.05, 0.1) is 29.2 Å². The third kappa shape index (κ3) is 2.56. The first kappa shape index (κ1) is 14.5. The molecule has 21 heavy (non-hydrogen) atoms. The molecule has 3 rings (SSSR count). The van der Waals surface area contributed by atoms with Crippen molar-refractivity contribution in [3.63, 3.8) is 0 Å². The van der Waals surface area contributed by atoms with Gasteiger partial charge in [0.25, 0.3) is 5.91 Å². The van der Waals surface area contributed by atoms with Gasteiger partial charge in [-0.1, -0.05) is 18.2 Å². The molecule has 0 bridgehead atoms. The number of hydrogen-bond donors (Lipinski definition) is 1. The van der Waals surface area contributed by atoms with Crippen LogP contribution in [0.2, 0.25) is 0 Å². The molecule has 2 aromatic rings. The molecule has 1 aromatic carbocycles. The first-order valence-corrected chi connectivity index (χ1v) is 9.21. The maximum Gasteiger partial charge on any atom is 0.255 e. The summed E-state index contributed by atoms with van der Waals surface area (Å²) >= 11 is 1.47. The number of carbonyl (C=O) groups excluding carboxylic acids is 1. The van der Waals surface area contributed by atoms with Gasteiger partial charge in [-0.3, -0.25) is 4.79 Å². The summed E-state index contributed by atoms with van der Waals surface area (Å²) in [4.78, 5) is 13.9. The molecule has 0 saturated carbocycles. The molecule has 2 atom stereocenters. The first-order chi connectivity index (χ1) is 9.89. The summed E-state index contributed by atoms with van der Waals surface area (Å²) in [6.07, 6.45) is -1.02. The van der Waals surface area contributed by atoms with Crippen LogP contribution in [0.4, 0.5) is 0 Å². The Morgan fingerprint density at radius 1 is 1.33 bits per heavy atom. The summed E-state index contributed by atoms with van der Waals surface area (Å²) < 4.78 is 24.2. The molecule has 0 aliphatic carbocycles. The standard InChI is InChI=1S/C14H15NO4S2/c1-15(11-7-21(18,19)8-12(11)16)14(17)10-6-20-13-5-3-2-4-9(10)13/h2-6,11-12,16H,7-8H2,1H3/t11-,12-/m0/s1. The predicted octanol–water partition coefficient (Wildman–Crippen LogP) is 1.13. The van der Waals surface area contributed by atoms with Gasteiger partial charge in [-0.25, -0.2) is 8.42 Å². The molecule has 0 radical (unpaired) electrons. The number of thiophene rings is 1. The van der Waals surface area contributed by atoms with Crippen molar-refractivity contribution in [3.05, 3.63) is 35.2 Å². The summed E-state index contributed by atoms with van der Waals surface area (Å²) in [6, 6.07) is 6.90. The molecule has 0 unspecified atom stereocenters. The zero-order chi connectivity index (χ0) is 15.2. The highest BCUT2D eigenvalue weighted by Gasteiger charge is 2.40. The van der Waals surface area contributed by atoms with Crippen LogP contribution in [0.3, 0.4) is 0 Å². The van der Waals surface area contributed by atoms with Crippen LogP contribution in [0.25, 0.3) is 10.1 Å². The van der Waals surface area contributed by atoms with Gasteiger partial charge >= 0.3 is 0 Å². The molecule has 1 fully saturated rings. The summed E-state index contributed by atoms with van der Waals surface area (Å²) in [7, 11) is -1.73. The highest BCUT2D eigenvalue weighted by Crippen LogP contribution is 2.28. The second-order valence-corrected chi connectivity index (χ2v) is 8.34. The third-order valence-electron chi connectivity index (χ3n) is 3.82. The number of sulfone groups is 1. The van der Waals surface area contributed by atoms with Crippen molar-refractivity contribution < 1.29 is 18.3 Å². The molecule has 1 saturated heterocycles. The number of hydrogen-bond acceptors (Lipinski definition) is 5. The summed E-state index contributed by atoms with van der Waals surface area (Å²) in [5, 5.41) is 12.5. The predicted molar refractivity (Wildman–Crippen MR) is 82.4 cm³/mol. The topological polar surface area (TPSA) is 74.7 Å². The average molecular weight is 325 g/mol. The van der Waals surface area contributed by atoms with E-state index in [0.29, 0.717) is 5.56 Å². The summed E-state index contributed by atoms with van der Waals surface area (Å²) in [6.45, 7) is 0. The van der Waals surface area contributed by atoms with Gasteiger partial charge in [-0.2, -0.15) is 0 Å². The Kier molecular flexibility index (Phi) is 3.51. The Labute approximate surface area is 126 Å². The van der Waals surface area contributed by atoms with Crippen LogP contribution in [-0.2, 0) is 9.84 Å². The zero-order valence-electron chi connectivity index (χ0n) is 11.4. The second kappa shape index (κ2) is 5.08. The highest BCUT2D eigenvalue weighted by atomic mass is 32.2. The Bertz CT molecular complexity index is 796. The van der Waals surface area contributed by atoms with Crippen LogP contribution in [0, 0.1) is 0 Å². The van der Waals surface area contributed by atoms with E-state index >= 15 is 0 Å². The largest absolute Gasteiger partial charge is 0.390 e. The van der Waals surface area contributed by atoms with E-state index in [0.717, 1.165) is 10.1 Å². The number of nitrogens with zero attached hydrogens (tertiary/aromatic N) is 1. The van der Waals surface area contributed by atoms with Gasteiger partial charge in [-0.15, -0.1) is 11.3 Å². The third-order valence-corrected chi connectivity index (χ3v) is 6.48. The van der Waals surface area contributed by atoms with E-state index in [1.165, 1.54) is 16.2 Å². The lowest BCUT2D eigenvalue weighted by atomic mass is 10.1.